The summed E-state index contributed by atoms with van der Waals surface area (Å²) >= 11 is 7.18. The molecule has 8 nitrogen and oxygen atoms in total. The van der Waals surface area contributed by atoms with Gasteiger partial charge >= 0.3 is 0 Å². The molecule has 1 aromatic heterocycles. The van der Waals surface area contributed by atoms with Crippen LogP contribution in [0.15, 0.2) is 58.8 Å². The highest BCUT2D eigenvalue weighted by Gasteiger charge is 2.36. The number of likely N-dealkylation sites (tertiary alicyclic amines) is 2. The maximum Gasteiger partial charge on any atom is 0.250 e. The van der Waals surface area contributed by atoms with Gasteiger partial charge in [-0.25, -0.2) is 8.42 Å². The summed E-state index contributed by atoms with van der Waals surface area (Å²) < 4.78 is 29.8. The fourth-order valence-corrected chi connectivity index (χ4v) is 8.30. The van der Waals surface area contributed by atoms with Gasteiger partial charge in [-0.3, -0.25) is 9.59 Å². The van der Waals surface area contributed by atoms with E-state index in [1.54, 1.807) is 24.3 Å². The van der Waals surface area contributed by atoms with Crippen LogP contribution in [0.1, 0.15) is 31.2 Å². The predicted molar refractivity (Wildman–Crippen MR) is 154 cm³/mol. The van der Waals surface area contributed by atoms with Crippen molar-refractivity contribution in [2.45, 2.75) is 48.5 Å². The number of fused-ring (bicyclic) bond motifs is 1. The Morgan fingerprint density at radius 1 is 1.10 bits per heavy atom. The van der Waals surface area contributed by atoms with E-state index in [1.165, 1.54) is 10.5 Å². The lowest BCUT2D eigenvalue weighted by molar-refractivity contribution is -0.143. The largest absolute Gasteiger partial charge is 0.337 e. The molecule has 2 atom stereocenters. The van der Waals surface area contributed by atoms with E-state index in [0.29, 0.717) is 31.0 Å². The molecule has 2 saturated heterocycles. The minimum Gasteiger partial charge on any atom is -0.337 e. The number of thiophene rings is 1. The SMILES string of the molecule is CN(Cc1ccccc1)CC1CCCN1C(=O)CN1CCCC(NS(=O)(=O)c2cc3cc(Cl)ccc3s2)C1=O. The van der Waals surface area contributed by atoms with Crippen molar-refractivity contribution in [1.82, 2.24) is 19.4 Å². The van der Waals surface area contributed by atoms with E-state index in [4.69, 9.17) is 11.6 Å². The van der Waals surface area contributed by atoms with Gasteiger partial charge in [0.05, 0.1) is 6.54 Å². The Bertz CT molecular complexity index is 1450. The summed E-state index contributed by atoms with van der Waals surface area (Å²) in [4.78, 5) is 32.2. The summed E-state index contributed by atoms with van der Waals surface area (Å²) in [6.07, 6.45) is 2.89. The monoisotopic (exact) mass is 588 g/mol. The molecule has 2 aromatic carbocycles. The van der Waals surface area contributed by atoms with E-state index >= 15 is 0 Å². The maximum atomic E-state index is 13.3. The van der Waals surface area contributed by atoms with Gasteiger partial charge in [0, 0.05) is 41.9 Å². The molecular weight excluding hydrogens is 556 g/mol. The average Bonchev–Trinajstić information content (AvgIpc) is 3.54. The first-order chi connectivity index (χ1) is 18.7. The van der Waals surface area contributed by atoms with Crippen LogP contribution in [-0.4, -0.2) is 80.2 Å². The molecule has 0 radical (unpaired) electrons. The van der Waals surface area contributed by atoms with Crippen molar-refractivity contribution >= 4 is 54.9 Å². The lowest BCUT2D eigenvalue weighted by Gasteiger charge is -2.34. The summed E-state index contributed by atoms with van der Waals surface area (Å²) in [5.41, 5.74) is 1.22. The fraction of sp³-hybridized carbons (Fsp3) is 0.429. The number of hydrogen-bond donors (Lipinski definition) is 1. The number of benzene rings is 2. The van der Waals surface area contributed by atoms with Gasteiger partial charge in [-0.05, 0) is 67.9 Å². The molecule has 0 saturated carbocycles. The van der Waals surface area contributed by atoms with E-state index in [1.807, 2.05) is 23.1 Å². The Labute approximate surface area is 238 Å². The zero-order valence-corrected chi connectivity index (χ0v) is 24.3. The lowest BCUT2D eigenvalue weighted by Crippen LogP contribution is -2.55. The third-order valence-corrected chi connectivity index (χ3v) is 10.7. The highest BCUT2D eigenvalue weighted by Crippen LogP contribution is 2.31. The quantitative estimate of drug-likeness (QED) is 0.409. The Balaban J connectivity index is 1.19. The third-order valence-electron chi connectivity index (χ3n) is 7.39. The smallest absolute Gasteiger partial charge is 0.250 e. The van der Waals surface area contributed by atoms with E-state index in [-0.39, 0.29) is 28.6 Å². The number of halogens is 1. The van der Waals surface area contributed by atoms with E-state index in [9.17, 15) is 18.0 Å². The number of nitrogens with one attached hydrogen (secondary N) is 1. The Kier molecular flexibility index (Phi) is 8.58. The van der Waals surface area contributed by atoms with Crippen LogP contribution in [0.2, 0.25) is 5.02 Å². The van der Waals surface area contributed by atoms with Gasteiger partial charge in [-0.1, -0.05) is 41.9 Å². The zero-order valence-electron chi connectivity index (χ0n) is 21.9. The summed E-state index contributed by atoms with van der Waals surface area (Å²) in [6.45, 7) is 2.65. The third kappa shape index (κ3) is 6.63. The molecule has 11 heteroatoms. The van der Waals surface area contributed by atoms with Crippen molar-refractivity contribution < 1.29 is 18.0 Å². The van der Waals surface area contributed by atoms with Gasteiger partial charge in [0.15, 0.2) is 0 Å². The normalized spacial score (nSPS) is 20.3. The van der Waals surface area contributed by atoms with Gasteiger partial charge in [-0.15, -0.1) is 11.3 Å². The molecule has 0 bridgehead atoms. The second-order valence-electron chi connectivity index (χ2n) is 10.4. The molecule has 2 amide bonds. The van der Waals surface area contributed by atoms with Crippen molar-refractivity contribution in [3.05, 3.63) is 65.2 Å². The number of carbonyl (C=O) groups excluding carboxylic acids is 2. The number of hydrogen-bond acceptors (Lipinski definition) is 6. The highest BCUT2D eigenvalue weighted by molar-refractivity contribution is 7.91. The molecule has 2 aliphatic heterocycles. The van der Waals surface area contributed by atoms with Gasteiger partial charge in [0.1, 0.15) is 10.3 Å². The van der Waals surface area contributed by atoms with Crippen molar-refractivity contribution in [1.29, 1.82) is 0 Å². The Hall–Kier alpha value is -2.50. The number of nitrogens with zero attached hydrogens (tertiary/aromatic N) is 3. The van der Waals surface area contributed by atoms with Gasteiger partial charge in [0.25, 0.3) is 10.0 Å². The van der Waals surface area contributed by atoms with Crippen molar-refractivity contribution in [3.63, 3.8) is 0 Å². The van der Waals surface area contributed by atoms with Crippen molar-refractivity contribution in [2.24, 2.45) is 0 Å². The summed E-state index contributed by atoms with van der Waals surface area (Å²) in [7, 11) is -1.85. The van der Waals surface area contributed by atoms with Crippen LogP contribution in [0.3, 0.4) is 0 Å². The molecule has 0 spiro atoms. The minimum atomic E-state index is -3.91. The molecule has 0 aliphatic carbocycles. The standard InChI is InChI=1S/C28H33ClN4O4S2/c1-31(17-20-7-3-2-4-8-20)18-23-9-5-14-33(23)26(34)19-32-13-6-10-24(28(32)35)30-39(36,37)27-16-21-15-22(29)11-12-25(21)38-27/h2-4,7-8,11-12,15-16,23-24,30H,5-6,9-10,13-14,17-19H2,1H3. The van der Waals surface area contributed by atoms with E-state index in [2.05, 4.69) is 28.8 Å². The first-order valence-corrected chi connectivity index (χ1v) is 15.9. The van der Waals surface area contributed by atoms with Crippen LogP contribution in [0.4, 0.5) is 0 Å². The topological polar surface area (TPSA) is 90.0 Å². The molecule has 208 valence electrons. The zero-order chi connectivity index (χ0) is 27.6. The van der Waals surface area contributed by atoms with Crippen molar-refractivity contribution in [3.8, 4) is 0 Å². The van der Waals surface area contributed by atoms with Crippen LogP contribution >= 0.6 is 22.9 Å². The molecule has 2 unspecified atom stereocenters. The van der Waals surface area contributed by atoms with Gasteiger partial charge < -0.3 is 14.7 Å². The Morgan fingerprint density at radius 2 is 1.87 bits per heavy atom. The van der Waals surface area contributed by atoms with E-state index in [0.717, 1.165) is 47.4 Å². The highest BCUT2D eigenvalue weighted by atomic mass is 35.5. The molecule has 2 fully saturated rings. The van der Waals surface area contributed by atoms with Crippen LogP contribution in [-0.2, 0) is 26.2 Å². The first-order valence-electron chi connectivity index (χ1n) is 13.2. The summed E-state index contributed by atoms with van der Waals surface area (Å²) in [5.74, 6) is -0.428. The second-order valence-corrected chi connectivity index (χ2v) is 13.9. The molecule has 1 N–H and O–H groups in total. The second kappa shape index (κ2) is 11.9. The number of piperidine rings is 1. The van der Waals surface area contributed by atoms with Crippen LogP contribution < -0.4 is 4.72 Å². The minimum absolute atomic E-state index is 0.0304. The molecule has 3 heterocycles. The van der Waals surface area contributed by atoms with Gasteiger partial charge in [0.2, 0.25) is 11.8 Å². The molecule has 2 aliphatic rings. The van der Waals surface area contributed by atoms with Crippen LogP contribution in [0.25, 0.3) is 10.1 Å². The molecule has 39 heavy (non-hydrogen) atoms. The molecule has 5 rings (SSSR count). The number of likely N-dealkylation sites (N-methyl/N-ethyl adjacent to an activating group) is 1. The number of amides is 2. The first kappa shape index (κ1) is 28.0. The van der Waals surface area contributed by atoms with Crippen LogP contribution in [0, 0.1) is 0 Å². The fourth-order valence-electron chi connectivity index (χ4n) is 5.50. The van der Waals surface area contributed by atoms with Crippen molar-refractivity contribution in [2.75, 3.05) is 33.2 Å². The number of carbonyl (C=O) groups is 2. The number of rotatable bonds is 9. The average molecular weight is 589 g/mol. The molecule has 3 aromatic rings. The Morgan fingerprint density at radius 3 is 2.67 bits per heavy atom. The summed E-state index contributed by atoms with van der Waals surface area (Å²) in [6, 6.07) is 16.2. The maximum absolute atomic E-state index is 13.3. The predicted octanol–water partition coefficient (Wildman–Crippen LogP) is 3.95. The van der Waals surface area contributed by atoms with E-state index < -0.39 is 16.1 Å². The molecular formula is C28H33ClN4O4S2. The van der Waals surface area contributed by atoms with Gasteiger partial charge in [-0.2, -0.15) is 4.72 Å². The summed E-state index contributed by atoms with van der Waals surface area (Å²) in [5, 5.41) is 1.27. The van der Waals surface area contributed by atoms with Crippen LogP contribution in [0.5, 0.6) is 0 Å². The lowest BCUT2D eigenvalue weighted by atomic mass is 10.1. The number of sulfonamides is 1.